The van der Waals surface area contributed by atoms with Gasteiger partial charge < -0.3 is 26.8 Å². The third-order valence-electron chi connectivity index (χ3n) is 7.60. The van der Waals surface area contributed by atoms with Gasteiger partial charge in [-0.05, 0) is 57.6 Å². The van der Waals surface area contributed by atoms with Gasteiger partial charge in [0.05, 0.1) is 17.7 Å². The molecule has 3 atom stereocenters. The van der Waals surface area contributed by atoms with E-state index in [2.05, 4.69) is 33.1 Å². The molecule has 0 bridgehead atoms. The van der Waals surface area contributed by atoms with Crippen LogP contribution in [0.1, 0.15) is 39.0 Å². The molecule has 4 rings (SSSR count). The monoisotopic (exact) mass is 534 g/mol. The summed E-state index contributed by atoms with van der Waals surface area (Å²) in [6.45, 7) is 2.38. The molecule has 1 amide bonds. The first-order valence-corrected chi connectivity index (χ1v) is 13.9. The summed E-state index contributed by atoms with van der Waals surface area (Å²) in [4.78, 5) is 19.1. The minimum absolute atomic E-state index is 0.0273. The van der Waals surface area contributed by atoms with E-state index in [1.54, 1.807) is 0 Å². The summed E-state index contributed by atoms with van der Waals surface area (Å²) in [6, 6.07) is 9.78. The fourth-order valence-corrected chi connectivity index (χ4v) is 5.41. The topological polar surface area (TPSA) is 135 Å². The van der Waals surface area contributed by atoms with Crippen molar-refractivity contribution in [2.45, 2.75) is 69.3 Å². The Balaban J connectivity index is 1.35. The summed E-state index contributed by atoms with van der Waals surface area (Å²) in [5.74, 6) is 2.37. The molecule has 3 aliphatic rings. The van der Waals surface area contributed by atoms with Crippen molar-refractivity contribution in [1.29, 1.82) is 0 Å². The van der Waals surface area contributed by atoms with Gasteiger partial charge in [0.1, 0.15) is 30.4 Å². The normalized spacial score (nSPS) is 25.1. The third-order valence-corrected chi connectivity index (χ3v) is 7.60. The Hall–Kier alpha value is -3.40. The van der Waals surface area contributed by atoms with Crippen molar-refractivity contribution < 1.29 is 14.8 Å². The number of carbonyl (C=O) groups is 1. The van der Waals surface area contributed by atoms with E-state index in [9.17, 15) is 4.79 Å². The quantitative estimate of drug-likeness (QED) is 0.287. The lowest BCUT2D eigenvalue weighted by atomic mass is 9.90. The van der Waals surface area contributed by atoms with Gasteiger partial charge in [0, 0.05) is 25.3 Å². The summed E-state index contributed by atoms with van der Waals surface area (Å²) in [5.41, 5.74) is 15.0. The van der Waals surface area contributed by atoms with E-state index in [1.165, 1.54) is 0 Å². The summed E-state index contributed by atoms with van der Waals surface area (Å²) >= 11 is 0. The van der Waals surface area contributed by atoms with Crippen molar-refractivity contribution in [2.24, 2.45) is 16.5 Å². The van der Waals surface area contributed by atoms with Crippen LogP contribution in [-0.4, -0.2) is 67.7 Å². The van der Waals surface area contributed by atoms with E-state index in [4.69, 9.17) is 16.2 Å². The fraction of sp³-hybridized carbons (Fsp3) is 0.467. The first kappa shape index (κ1) is 28.6. The number of para-hydroxylation sites is 1. The molecule has 0 saturated heterocycles. The van der Waals surface area contributed by atoms with Crippen LogP contribution in [0.3, 0.4) is 0 Å². The second kappa shape index (κ2) is 13.6. The average Bonchev–Trinajstić information content (AvgIpc) is 2.93. The molecule has 1 fully saturated rings. The number of nitrogens with one attached hydrogen (secondary N) is 2. The molecule has 1 aliphatic heterocycles. The molecule has 9 nitrogen and oxygen atoms in total. The zero-order valence-corrected chi connectivity index (χ0v) is 23.3. The molecule has 1 aromatic rings. The van der Waals surface area contributed by atoms with Crippen molar-refractivity contribution in [2.75, 3.05) is 20.8 Å². The maximum absolute atomic E-state index is 12.8. The van der Waals surface area contributed by atoms with Gasteiger partial charge in [-0.1, -0.05) is 42.5 Å². The van der Waals surface area contributed by atoms with Gasteiger partial charge in [-0.15, -0.1) is 0 Å². The van der Waals surface area contributed by atoms with E-state index in [0.717, 1.165) is 54.8 Å². The smallest absolute Gasteiger partial charge is 0.241 e. The van der Waals surface area contributed by atoms with E-state index in [0.29, 0.717) is 18.5 Å². The first-order valence-electron chi connectivity index (χ1n) is 13.9. The standard InChI is InChI=1S/C30H43N7O2/c1-4-8-25(37(2)3)30(38)36-22-15-13-21(14-16-22)35-29-26(28(32)33-19-34-29)27(31)20-11-17-24(18-12-20)39-23-9-6-5-7-10-23/h4-12,17,21-22,24-25,27,34-35H,13-16,18-19,31H2,1-3H3,(H2,32,33)(H,36,38)/p+1. The Labute approximate surface area is 232 Å². The number of quaternary nitrogens is 1. The number of rotatable bonds is 10. The molecule has 2 aliphatic carbocycles. The van der Waals surface area contributed by atoms with Crippen LogP contribution in [-0.2, 0) is 4.79 Å². The predicted molar refractivity (Wildman–Crippen MR) is 156 cm³/mol. The minimum atomic E-state index is -0.382. The van der Waals surface area contributed by atoms with Crippen molar-refractivity contribution in [3.63, 3.8) is 0 Å². The van der Waals surface area contributed by atoms with Crippen LogP contribution < -0.4 is 32.2 Å². The maximum Gasteiger partial charge on any atom is 0.241 e. The average molecular weight is 535 g/mol. The number of amides is 1. The van der Waals surface area contributed by atoms with Crippen LogP contribution in [0.5, 0.6) is 5.75 Å². The highest BCUT2D eigenvalue weighted by Crippen LogP contribution is 2.23. The molecule has 9 heteroatoms. The highest BCUT2D eigenvalue weighted by Gasteiger charge is 2.32. The Morgan fingerprint density at radius 2 is 1.97 bits per heavy atom. The number of allylic oxidation sites excluding steroid dienone is 1. The first-order chi connectivity index (χ1) is 18.9. The Kier molecular flexibility index (Phi) is 9.97. The number of hydrogen-bond donors (Lipinski definition) is 5. The molecule has 0 spiro atoms. The van der Waals surface area contributed by atoms with E-state index >= 15 is 0 Å². The molecule has 1 heterocycles. The second-order valence-corrected chi connectivity index (χ2v) is 10.7. The van der Waals surface area contributed by atoms with Crippen molar-refractivity contribution in [3.8, 4) is 5.75 Å². The summed E-state index contributed by atoms with van der Waals surface area (Å²) in [5, 5.41) is 8.93. The largest absolute Gasteiger partial charge is 0.486 e. The van der Waals surface area contributed by atoms with E-state index in [-0.39, 0.29) is 30.1 Å². The highest BCUT2D eigenvalue weighted by atomic mass is 16.5. The zero-order valence-electron chi connectivity index (χ0n) is 23.3. The van der Waals surface area contributed by atoms with Gasteiger partial charge in [-0.3, -0.25) is 15.0 Å². The fourth-order valence-electron chi connectivity index (χ4n) is 5.41. The number of nitrogens with zero attached hydrogens (tertiary/aromatic N) is 2. The lowest BCUT2D eigenvalue weighted by molar-refractivity contribution is -0.652. The number of ether oxygens (including phenoxy) is 1. The summed E-state index contributed by atoms with van der Waals surface area (Å²) < 4.78 is 6.06. The number of benzene rings is 1. The van der Waals surface area contributed by atoms with Crippen LogP contribution in [0.4, 0.5) is 0 Å². The van der Waals surface area contributed by atoms with Gasteiger partial charge in [0.15, 0.2) is 0 Å². The molecule has 3 unspecified atom stereocenters. The van der Waals surface area contributed by atoms with Gasteiger partial charge in [0.2, 0.25) is 11.7 Å². The van der Waals surface area contributed by atoms with Crippen LogP contribution in [0.25, 0.3) is 0 Å². The van der Waals surface area contributed by atoms with Crippen LogP contribution in [0, 0.1) is 0 Å². The summed E-state index contributed by atoms with van der Waals surface area (Å²) in [7, 11) is 3.85. The van der Waals surface area contributed by atoms with Gasteiger partial charge in [-0.2, -0.15) is 0 Å². The number of likely N-dealkylation sites (N-methyl/N-ethyl adjacent to an activating group) is 1. The maximum atomic E-state index is 12.8. The highest BCUT2D eigenvalue weighted by molar-refractivity contribution is 5.99. The Morgan fingerprint density at radius 1 is 1.23 bits per heavy atom. The SMILES string of the molecule is CC=CC(C(=O)NC1CCC([NH2+]C2=C(C(N)C3=CCC(Oc4ccccc4)C=C3)C(N)=NCN2)CC1)N(C)C. The summed E-state index contributed by atoms with van der Waals surface area (Å²) in [6.07, 6.45) is 14.7. The van der Waals surface area contributed by atoms with Gasteiger partial charge in [-0.25, -0.2) is 4.99 Å². The number of hydrogen-bond acceptors (Lipinski definition) is 7. The molecule has 210 valence electrons. The van der Waals surface area contributed by atoms with E-state index in [1.807, 2.05) is 74.5 Å². The predicted octanol–water partition coefficient (Wildman–Crippen LogP) is 1.27. The number of carbonyl (C=O) groups excluding carboxylic acids is 1. The Bertz CT molecular complexity index is 1130. The zero-order chi connectivity index (χ0) is 27.8. The van der Waals surface area contributed by atoms with Crippen molar-refractivity contribution in [1.82, 2.24) is 15.5 Å². The number of aliphatic imine (C=N–C) groups is 1. The second-order valence-electron chi connectivity index (χ2n) is 10.7. The van der Waals surface area contributed by atoms with Crippen LogP contribution in [0.2, 0.25) is 0 Å². The van der Waals surface area contributed by atoms with Crippen molar-refractivity contribution >= 4 is 11.7 Å². The number of amidine groups is 1. The molecular formula is C30H44N7O2+. The van der Waals surface area contributed by atoms with Gasteiger partial charge in [0.25, 0.3) is 0 Å². The van der Waals surface area contributed by atoms with Crippen LogP contribution >= 0.6 is 0 Å². The molecular weight excluding hydrogens is 490 g/mol. The Morgan fingerprint density at radius 3 is 2.62 bits per heavy atom. The molecule has 8 N–H and O–H groups in total. The lowest BCUT2D eigenvalue weighted by Crippen LogP contribution is -2.91. The molecule has 0 aromatic heterocycles. The molecule has 39 heavy (non-hydrogen) atoms. The minimum Gasteiger partial charge on any atom is -0.486 e. The van der Waals surface area contributed by atoms with Crippen molar-refractivity contribution in [3.05, 3.63) is 77.7 Å². The third kappa shape index (κ3) is 7.59. The molecule has 1 saturated carbocycles. The molecule has 1 aromatic carbocycles. The lowest BCUT2D eigenvalue weighted by Gasteiger charge is -2.31. The van der Waals surface area contributed by atoms with Gasteiger partial charge >= 0.3 is 0 Å². The number of nitrogens with two attached hydrogens (primary N) is 3. The van der Waals surface area contributed by atoms with E-state index < -0.39 is 0 Å². The molecule has 0 radical (unpaired) electrons. The van der Waals surface area contributed by atoms with Crippen LogP contribution in [0.15, 0.2) is 82.7 Å².